The van der Waals surface area contributed by atoms with E-state index in [1.165, 1.54) is 17.7 Å². The molecule has 4 heteroatoms. The number of hydrogen-bond donors (Lipinski definition) is 2. The standard InChI is InChI=1S/C23H33N2O2/c1-4-10-25-17-11-14(13(5-2)22(25)27)19-18(25)12-23(21(19)26)15-8-6-7-9-16(15)24(3)20(17)23/h6-9,13-14,17-22,26-27H,4-5,10-12H2,1-3H3/q+1/t13?,14-,17+,18?,19?,20?,21?,22-,23?,25?/m1/s1. The van der Waals surface area contributed by atoms with Gasteiger partial charge in [0.15, 0.2) is 6.23 Å². The first-order valence-electron chi connectivity index (χ1n) is 11.1. The van der Waals surface area contributed by atoms with Gasteiger partial charge in [-0.05, 0) is 30.4 Å². The van der Waals surface area contributed by atoms with E-state index in [0.29, 0.717) is 35.9 Å². The fourth-order valence-corrected chi connectivity index (χ4v) is 9.23. The molecule has 5 aliphatic heterocycles. The van der Waals surface area contributed by atoms with Crippen LogP contribution >= 0.6 is 0 Å². The van der Waals surface area contributed by atoms with Crippen molar-refractivity contribution in [3.63, 3.8) is 0 Å². The first-order chi connectivity index (χ1) is 13.0. The highest BCUT2D eigenvalue weighted by Gasteiger charge is 2.82. The van der Waals surface area contributed by atoms with E-state index in [1.54, 1.807) is 0 Å². The number of likely N-dealkylation sites (N-methyl/N-ethyl adjacent to an activating group) is 1. The zero-order valence-electron chi connectivity index (χ0n) is 16.8. The Morgan fingerprint density at radius 3 is 2.70 bits per heavy atom. The van der Waals surface area contributed by atoms with Crippen molar-refractivity contribution in [1.29, 1.82) is 0 Å². The molecule has 7 rings (SSSR count). The number of fused-ring (bicyclic) bond motifs is 2. The van der Waals surface area contributed by atoms with Gasteiger partial charge in [0, 0.05) is 37.4 Å². The first kappa shape index (κ1) is 16.8. The predicted octanol–water partition coefficient (Wildman–Crippen LogP) is 2.48. The zero-order chi connectivity index (χ0) is 18.7. The van der Waals surface area contributed by atoms with Gasteiger partial charge in [0.25, 0.3) is 0 Å². The fourth-order valence-electron chi connectivity index (χ4n) is 9.23. The molecule has 7 unspecified atom stereocenters. The highest BCUT2D eigenvalue weighted by Crippen LogP contribution is 2.71. The lowest BCUT2D eigenvalue weighted by Crippen LogP contribution is -2.83. The summed E-state index contributed by atoms with van der Waals surface area (Å²) in [6.45, 7) is 5.56. The molecule has 27 heavy (non-hydrogen) atoms. The van der Waals surface area contributed by atoms with Crippen LogP contribution in [0.3, 0.4) is 0 Å². The Bertz CT molecular complexity index is 798. The molecule has 5 heterocycles. The molecule has 1 saturated carbocycles. The lowest BCUT2D eigenvalue weighted by molar-refractivity contribution is -1.04. The van der Waals surface area contributed by atoms with Gasteiger partial charge in [-0.2, -0.15) is 0 Å². The molecule has 2 N–H and O–H groups in total. The second kappa shape index (κ2) is 5.08. The Labute approximate surface area is 162 Å². The molecule has 0 radical (unpaired) electrons. The molecular formula is C23H33N2O2+. The van der Waals surface area contributed by atoms with Crippen molar-refractivity contribution in [1.82, 2.24) is 0 Å². The van der Waals surface area contributed by atoms with E-state index >= 15 is 0 Å². The molecule has 10 atom stereocenters. The van der Waals surface area contributed by atoms with E-state index in [-0.39, 0.29) is 17.7 Å². The van der Waals surface area contributed by atoms with E-state index in [0.717, 1.165) is 30.3 Å². The zero-order valence-corrected chi connectivity index (χ0v) is 16.8. The largest absolute Gasteiger partial charge is 0.392 e. The third-order valence-electron chi connectivity index (χ3n) is 9.73. The number of quaternary nitrogens is 1. The Morgan fingerprint density at radius 2 is 1.96 bits per heavy atom. The molecule has 1 spiro atoms. The van der Waals surface area contributed by atoms with Gasteiger partial charge in [-0.3, -0.25) is 4.48 Å². The van der Waals surface area contributed by atoms with Crippen molar-refractivity contribution in [2.45, 2.75) is 75.4 Å². The maximum atomic E-state index is 11.9. The molecular weight excluding hydrogens is 336 g/mol. The lowest BCUT2D eigenvalue weighted by atomic mass is 9.60. The average Bonchev–Trinajstić information content (AvgIpc) is 3.06. The number of aliphatic hydroxyl groups is 2. The molecule has 4 nitrogen and oxygen atoms in total. The second-order valence-corrected chi connectivity index (χ2v) is 10.1. The Balaban J connectivity index is 1.62. The molecule has 5 bridgehead atoms. The molecule has 1 aliphatic carbocycles. The van der Waals surface area contributed by atoms with Gasteiger partial charge in [-0.25, -0.2) is 0 Å². The van der Waals surface area contributed by atoms with Crippen LogP contribution in [0.1, 0.15) is 45.1 Å². The lowest BCUT2D eigenvalue weighted by Gasteiger charge is -2.68. The van der Waals surface area contributed by atoms with Crippen molar-refractivity contribution in [3.05, 3.63) is 29.8 Å². The number of anilines is 1. The Hall–Kier alpha value is -1.10. The van der Waals surface area contributed by atoms with E-state index in [4.69, 9.17) is 0 Å². The highest BCUT2D eigenvalue weighted by atomic mass is 16.3. The third-order valence-corrected chi connectivity index (χ3v) is 9.73. The smallest absolute Gasteiger partial charge is 0.194 e. The quantitative estimate of drug-likeness (QED) is 0.805. The van der Waals surface area contributed by atoms with Crippen LogP contribution in [0.25, 0.3) is 0 Å². The van der Waals surface area contributed by atoms with Gasteiger partial charge >= 0.3 is 0 Å². The van der Waals surface area contributed by atoms with E-state index in [1.807, 2.05) is 0 Å². The van der Waals surface area contributed by atoms with Gasteiger partial charge in [-0.15, -0.1) is 0 Å². The van der Waals surface area contributed by atoms with Crippen LogP contribution in [0.4, 0.5) is 5.69 Å². The van der Waals surface area contributed by atoms with Crippen LogP contribution in [0.15, 0.2) is 24.3 Å². The van der Waals surface area contributed by atoms with Crippen molar-refractivity contribution in [2.24, 2.45) is 17.8 Å². The van der Waals surface area contributed by atoms with Crippen LogP contribution in [-0.2, 0) is 5.41 Å². The topological polar surface area (TPSA) is 43.7 Å². The second-order valence-electron chi connectivity index (χ2n) is 10.1. The molecule has 5 fully saturated rings. The van der Waals surface area contributed by atoms with Crippen molar-refractivity contribution >= 4 is 5.69 Å². The van der Waals surface area contributed by atoms with Crippen LogP contribution in [0.5, 0.6) is 0 Å². The van der Waals surface area contributed by atoms with Gasteiger partial charge in [0.2, 0.25) is 0 Å². The summed E-state index contributed by atoms with van der Waals surface area (Å²) in [5.41, 5.74) is 2.56. The maximum Gasteiger partial charge on any atom is 0.194 e. The molecule has 146 valence electrons. The summed E-state index contributed by atoms with van der Waals surface area (Å²) in [6, 6.07) is 9.97. The van der Waals surface area contributed by atoms with Crippen LogP contribution < -0.4 is 4.90 Å². The van der Waals surface area contributed by atoms with E-state index in [2.05, 4.69) is 50.1 Å². The molecule has 1 aromatic rings. The van der Waals surface area contributed by atoms with Gasteiger partial charge in [0.1, 0.15) is 6.04 Å². The summed E-state index contributed by atoms with van der Waals surface area (Å²) in [4.78, 5) is 2.48. The highest BCUT2D eigenvalue weighted by molar-refractivity contribution is 5.66. The summed E-state index contributed by atoms with van der Waals surface area (Å²) in [5, 5.41) is 23.6. The summed E-state index contributed by atoms with van der Waals surface area (Å²) >= 11 is 0. The Morgan fingerprint density at radius 1 is 1.19 bits per heavy atom. The minimum absolute atomic E-state index is 0.127. The number of hydrogen-bond acceptors (Lipinski definition) is 3. The van der Waals surface area contributed by atoms with Crippen molar-refractivity contribution in [2.75, 3.05) is 18.5 Å². The SMILES string of the molecule is CCC[N+]12C3CC45c6ccccc6N(C)C4[C@@H]1C[C@@H](C3C5O)C(CC)[C@H]2O. The van der Waals surface area contributed by atoms with Crippen molar-refractivity contribution < 1.29 is 14.7 Å². The van der Waals surface area contributed by atoms with Crippen LogP contribution in [0.2, 0.25) is 0 Å². The number of para-hydroxylation sites is 1. The predicted molar refractivity (Wildman–Crippen MR) is 105 cm³/mol. The fraction of sp³-hybridized carbons (Fsp3) is 0.739. The van der Waals surface area contributed by atoms with Gasteiger partial charge in [-0.1, -0.05) is 32.0 Å². The summed E-state index contributed by atoms with van der Waals surface area (Å²) < 4.78 is 0.873. The van der Waals surface area contributed by atoms with E-state index in [9.17, 15) is 10.2 Å². The number of benzene rings is 1. The molecule has 1 aromatic carbocycles. The van der Waals surface area contributed by atoms with Gasteiger partial charge in [0.05, 0.1) is 30.1 Å². The maximum absolute atomic E-state index is 11.9. The molecule has 6 aliphatic rings. The van der Waals surface area contributed by atoms with Gasteiger partial charge < -0.3 is 15.1 Å². The van der Waals surface area contributed by atoms with Crippen LogP contribution in [-0.4, -0.2) is 58.7 Å². The summed E-state index contributed by atoms with van der Waals surface area (Å²) in [7, 11) is 2.23. The summed E-state index contributed by atoms with van der Waals surface area (Å²) in [6.07, 6.45) is 3.84. The minimum Gasteiger partial charge on any atom is -0.392 e. The third kappa shape index (κ3) is 1.51. The molecule has 4 saturated heterocycles. The number of piperidine rings is 4. The Kier molecular flexibility index (Phi) is 3.17. The van der Waals surface area contributed by atoms with Crippen LogP contribution in [0, 0.1) is 17.8 Å². The minimum atomic E-state index is -0.271. The number of aliphatic hydroxyl groups excluding tert-OH is 2. The number of nitrogens with zero attached hydrogens (tertiary/aromatic N) is 2. The normalized spacial score (nSPS) is 53.7. The molecule has 0 amide bonds. The summed E-state index contributed by atoms with van der Waals surface area (Å²) in [5.74, 6) is 1.18. The molecule has 0 aromatic heterocycles. The number of rotatable bonds is 3. The van der Waals surface area contributed by atoms with Crippen molar-refractivity contribution in [3.8, 4) is 0 Å². The van der Waals surface area contributed by atoms with E-state index < -0.39 is 0 Å². The monoisotopic (exact) mass is 369 g/mol. The average molecular weight is 370 g/mol. The first-order valence-corrected chi connectivity index (χ1v) is 11.1.